The van der Waals surface area contributed by atoms with Crippen molar-refractivity contribution in [2.45, 2.75) is 51.0 Å². The van der Waals surface area contributed by atoms with E-state index in [-0.39, 0.29) is 0 Å². The molecule has 1 fully saturated rings. The molecule has 0 saturated heterocycles. The zero-order chi connectivity index (χ0) is 13.9. The van der Waals surface area contributed by atoms with Gasteiger partial charge in [-0.15, -0.1) is 0 Å². The van der Waals surface area contributed by atoms with E-state index in [0.29, 0.717) is 16.7 Å². The van der Waals surface area contributed by atoms with E-state index < -0.39 is 6.10 Å². The summed E-state index contributed by atoms with van der Waals surface area (Å²) < 4.78 is 5.80. The van der Waals surface area contributed by atoms with E-state index in [4.69, 9.17) is 16.0 Å². The van der Waals surface area contributed by atoms with Crippen LogP contribution in [0.3, 0.4) is 0 Å². The Balaban J connectivity index is 1.81. The molecule has 1 aromatic carbocycles. The van der Waals surface area contributed by atoms with E-state index >= 15 is 0 Å². The van der Waals surface area contributed by atoms with Gasteiger partial charge >= 0.3 is 0 Å². The summed E-state index contributed by atoms with van der Waals surface area (Å²) in [5, 5.41) is 12.3. The summed E-state index contributed by atoms with van der Waals surface area (Å²) in [5.41, 5.74) is 0.800. The van der Waals surface area contributed by atoms with Crippen molar-refractivity contribution in [3.8, 4) is 0 Å². The summed E-state index contributed by atoms with van der Waals surface area (Å²) in [6.45, 7) is 0. The molecular formula is C17H21ClO2. The normalized spacial score (nSPS) is 19.7. The highest BCUT2D eigenvalue weighted by molar-refractivity contribution is 6.31. The van der Waals surface area contributed by atoms with Crippen LogP contribution in [0.4, 0.5) is 0 Å². The van der Waals surface area contributed by atoms with Crippen LogP contribution in [-0.2, 0) is 0 Å². The predicted molar refractivity (Wildman–Crippen MR) is 82.0 cm³/mol. The van der Waals surface area contributed by atoms with Crippen LogP contribution in [0.1, 0.15) is 56.8 Å². The van der Waals surface area contributed by atoms with Gasteiger partial charge in [0.25, 0.3) is 0 Å². The van der Waals surface area contributed by atoms with Gasteiger partial charge in [0.1, 0.15) is 17.4 Å². The quantitative estimate of drug-likeness (QED) is 0.795. The van der Waals surface area contributed by atoms with Crippen molar-refractivity contribution in [3.05, 3.63) is 35.0 Å². The second-order valence-electron chi connectivity index (χ2n) is 5.88. The van der Waals surface area contributed by atoms with Gasteiger partial charge in [0, 0.05) is 10.4 Å². The SMILES string of the molecule is OC(c1cc2cc(Cl)ccc2o1)C1CCCCCCC1. The van der Waals surface area contributed by atoms with Crippen LogP contribution in [0.25, 0.3) is 11.0 Å². The Morgan fingerprint density at radius 2 is 1.75 bits per heavy atom. The average Bonchev–Trinajstić information content (AvgIpc) is 2.80. The van der Waals surface area contributed by atoms with E-state index in [9.17, 15) is 5.11 Å². The third-order valence-corrected chi connectivity index (χ3v) is 4.62. The second-order valence-corrected chi connectivity index (χ2v) is 6.32. The summed E-state index contributed by atoms with van der Waals surface area (Å²) in [6.07, 6.45) is 8.06. The molecule has 0 spiro atoms. The Morgan fingerprint density at radius 3 is 2.50 bits per heavy atom. The molecule has 3 heteroatoms. The van der Waals surface area contributed by atoms with Crippen LogP contribution in [0.5, 0.6) is 0 Å². The van der Waals surface area contributed by atoms with Crippen LogP contribution in [-0.4, -0.2) is 5.11 Å². The van der Waals surface area contributed by atoms with Gasteiger partial charge in [0.2, 0.25) is 0 Å². The fraction of sp³-hybridized carbons (Fsp3) is 0.529. The zero-order valence-corrected chi connectivity index (χ0v) is 12.4. The molecule has 3 rings (SSSR count). The Hall–Kier alpha value is -0.990. The topological polar surface area (TPSA) is 33.4 Å². The largest absolute Gasteiger partial charge is 0.458 e. The Kier molecular flexibility index (Phi) is 4.32. The highest BCUT2D eigenvalue weighted by Crippen LogP contribution is 2.35. The highest BCUT2D eigenvalue weighted by Gasteiger charge is 2.24. The van der Waals surface area contributed by atoms with Gasteiger partial charge in [0.15, 0.2) is 0 Å². The summed E-state index contributed by atoms with van der Waals surface area (Å²) in [6, 6.07) is 7.50. The molecule has 1 unspecified atom stereocenters. The molecule has 1 atom stereocenters. The van der Waals surface area contributed by atoms with Gasteiger partial charge < -0.3 is 9.52 Å². The number of rotatable bonds is 2. The molecule has 1 heterocycles. The maximum Gasteiger partial charge on any atom is 0.134 e. The first-order chi connectivity index (χ1) is 9.74. The smallest absolute Gasteiger partial charge is 0.134 e. The van der Waals surface area contributed by atoms with Crippen molar-refractivity contribution in [1.82, 2.24) is 0 Å². The van der Waals surface area contributed by atoms with Crippen LogP contribution in [0.2, 0.25) is 5.02 Å². The number of benzene rings is 1. The molecule has 0 aliphatic heterocycles. The monoisotopic (exact) mass is 292 g/mol. The lowest BCUT2D eigenvalue weighted by Gasteiger charge is -2.23. The minimum Gasteiger partial charge on any atom is -0.458 e. The van der Waals surface area contributed by atoms with Crippen molar-refractivity contribution in [2.75, 3.05) is 0 Å². The summed E-state index contributed by atoms with van der Waals surface area (Å²) in [4.78, 5) is 0. The fourth-order valence-electron chi connectivity index (χ4n) is 3.22. The van der Waals surface area contributed by atoms with Crippen molar-refractivity contribution in [2.24, 2.45) is 5.92 Å². The third-order valence-electron chi connectivity index (χ3n) is 4.39. The number of fused-ring (bicyclic) bond motifs is 1. The summed E-state index contributed by atoms with van der Waals surface area (Å²) in [7, 11) is 0. The maximum atomic E-state index is 10.6. The first kappa shape index (κ1) is 14.0. The van der Waals surface area contributed by atoms with Gasteiger partial charge in [-0.25, -0.2) is 0 Å². The van der Waals surface area contributed by atoms with Crippen molar-refractivity contribution < 1.29 is 9.52 Å². The van der Waals surface area contributed by atoms with E-state index in [1.807, 2.05) is 24.3 Å². The van der Waals surface area contributed by atoms with Crippen LogP contribution < -0.4 is 0 Å². The highest BCUT2D eigenvalue weighted by atomic mass is 35.5. The molecular weight excluding hydrogens is 272 g/mol. The number of hydrogen-bond acceptors (Lipinski definition) is 2. The molecule has 0 amide bonds. The van der Waals surface area contributed by atoms with Crippen molar-refractivity contribution in [3.63, 3.8) is 0 Å². The Bertz CT molecular complexity index is 567. The first-order valence-electron chi connectivity index (χ1n) is 7.61. The zero-order valence-electron chi connectivity index (χ0n) is 11.6. The minimum atomic E-state index is -0.487. The van der Waals surface area contributed by atoms with Crippen LogP contribution in [0, 0.1) is 5.92 Å². The van der Waals surface area contributed by atoms with Gasteiger partial charge in [-0.1, -0.05) is 43.7 Å². The lowest BCUT2D eigenvalue weighted by molar-refractivity contribution is 0.0726. The molecule has 1 N–H and O–H groups in total. The molecule has 2 aromatic rings. The standard InChI is InChI=1S/C17H21ClO2/c18-14-8-9-15-13(10-14)11-16(20-15)17(19)12-6-4-2-1-3-5-7-12/h8-12,17,19H,1-7H2. The van der Waals surface area contributed by atoms with E-state index in [2.05, 4.69) is 0 Å². The predicted octanol–water partition coefficient (Wildman–Crippen LogP) is 5.48. The van der Waals surface area contributed by atoms with Gasteiger partial charge in [-0.2, -0.15) is 0 Å². The summed E-state index contributed by atoms with van der Waals surface area (Å²) >= 11 is 5.99. The molecule has 1 saturated carbocycles. The Labute approximate surface area is 124 Å². The molecule has 108 valence electrons. The molecule has 0 bridgehead atoms. The molecule has 20 heavy (non-hydrogen) atoms. The molecule has 1 aromatic heterocycles. The van der Waals surface area contributed by atoms with E-state index in [1.54, 1.807) is 0 Å². The Morgan fingerprint density at radius 1 is 1.05 bits per heavy atom. The van der Waals surface area contributed by atoms with Crippen molar-refractivity contribution >= 4 is 22.6 Å². The van der Waals surface area contributed by atoms with Gasteiger partial charge in [-0.3, -0.25) is 0 Å². The molecule has 1 aliphatic rings. The van der Waals surface area contributed by atoms with Gasteiger partial charge in [0.05, 0.1) is 0 Å². The van der Waals surface area contributed by atoms with Crippen LogP contribution >= 0.6 is 11.6 Å². The number of hydrogen-bond donors (Lipinski definition) is 1. The summed E-state index contributed by atoms with van der Waals surface area (Å²) in [5.74, 6) is 1.01. The van der Waals surface area contributed by atoms with E-state index in [0.717, 1.165) is 23.8 Å². The van der Waals surface area contributed by atoms with Crippen LogP contribution in [0.15, 0.2) is 28.7 Å². The van der Waals surface area contributed by atoms with Gasteiger partial charge in [-0.05, 0) is 43.0 Å². The minimum absolute atomic E-state index is 0.325. The number of aliphatic hydroxyl groups excluding tert-OH is 1. The first-order valence-corrected chi connectivity index (χ1v) is 7.99. The third kappa shape index (κ3) is 3.02. The second kappa shape index (κ2) is 6.19. The average molecular weight is 293 g/mol. The van der Waals surface area contributed by atoms with E-state index in [1.165, 1.54) is 32.1 Å². The molecule has 0 radical (unpaired) electrons. The molecule has 2 nitrogen and oxygen atoms in total. The number of aliphatic hydroxyl groups is 1. The lowest BCUT2D eigenvalue weighted by Crippen LogP contribution is -2.13. The van der Waals surface area contributed by atoms with Crippen molar-refractivity contribution in [1.29, 1.82) is 0 Å². The lowest BCUT2D eigenvalue weighted by atomic mass is 9.86. The number of halogens is 1. The number of furan rings is 1. The maximum absolute atomic E-state index is 10.6. The molecule has 1 aliphatic carbocycles. The fourth-order valence-corrected chi connectivity index (χ4v) is 3.40.